The lowest BCUT2D eigenvalue weighted by atomic mass is 10.3. The van der Waals surface area contributed by atoms with Crippen LogP contribution in [-0.2, 0) is 0 Å². The van der Waals surface area contributed by atoms with E-state index in [2.05, 4.69) is 17.6 Å². The quantitative estimate of drug-likeness (QED) is 0.466. The average molecular weight is 99.2 g/mol. The molecule has 0 unspecified atom stereocenters. The zero-order valence-corrected chi connectivity index (χ0v) is 4.65. The normalized spacial score (nSPS) is 33.0. The van der Waals surface area contributed by atoms with Crippen LogP contribution in [0.15, 0.2) is 0 Å². The molecule has 1 rings (SSSR count). The molecule has 0 aliphatic carbocycles. The molecular weight excluding hydrogens is 88.1 g/mol. The van der Waals surface area contributed by atoms with Crippen molar-refractivity contribution >= 4 is 0 Å². The van der Waals surface area contributed by atoms with Crippen molar-refractivity contribution in [3.8, 4) is 0 Å². The Morgan fingerprint density at radius 3 is 2.86 bits per heavy atom. The van der Waals surface area contributed by atoms with E-state index in [4.69, 9.17) is 0 Å². The molecule has 42 valence electrons. The molecule has 7 heavy (non-hydrogen) atoms. The van der Waals surface area contributed by atoms with Crippen LogP contribution in [0.3, 0.4) is 0 Å². The van der Waals surface area contributed by atoms with Gasteiger partial charge in [0.2, 0.25) is 0 Å². The van der Waals surface area contributed by atoms with Crippen LogP contribution >= 0.6 is 0 Å². The Labute approximate surface area is 44.3 Å². The first-order chi connectivity index (χ1) is 3.39. The van der Waals surface area contributed by atoms with Crippen LogP contribution in [0.4, 0.5) is 0 Å². The van der Waals surface area contributed by atoms with Crippen molar-refractivity contribution < 1.29 is 0 Å². The smallest absolute Gasteiger partial charge is 0.0213 e. The van der Waals surface area contributed by atoms with Gasteiger partial charge in [0.05, 0.1) is 0 Å². The molecule has 1 aliphatic heterocycles. The van der Waals surface area contributed by atoms with E-state index in [1.54, 1.807) is 0 Å². The summed E-state index contributed by atoms with van der Waals surface area (Å²) in [7, 11) is 0. The molecule has 1 aliphatic rings. The molecule has 2 nitrogen and oxygen atoms in total. The van der Waals surface area contributed by atoms with Crippen LogP contribution in [0.5, 0.6) is 0 Å². The second-order valence-corrected chi connectivity index (χ2v) is 1.96. The maximum atomic E-state index is 4.27. The van der Waals surface area contributed by atoms with Crippen molar-refractivity contribution in [1.82, 2.24) is 5.32 Å². The Morgan fingerprint density at radius 2 is 2.57 bits per heavy atom. The molecular formula is C5H11N2-. The third-order valence-corrected chi connectivity index (χ3v) is 1.17. The molecule has 1 fully saturated rings. The number of nitrogens with one attached hydrogen (secondary N) is 1. The molecule has 0 amide bonds. The fourth-order valence-electron chi connectivity index (χ4n) is 0.739. The Morgan fingerprint density at radius 1 is 1.71 bits per heavy atom. The van der Waals surface area contributed by atoms with Gasteiger partial charge in [-0.15, -0.1) is 12.6 Å². The average Bonchev–Trinajstić information content (AvgIpc) is 1.69. The molecule has 0 radical (unpaired) electrons. The van der Waals surface area contributed by atoms with E-state index in [9.17, 15) is 0 Å². The highest BCUT2D eigenvalue weighted by atomic mass is 15.0. The summed E-state index contributed by atoms with van der Waals surface area (Å²) in [5, 5.41) is 7.51. The molecule has 0 bridgehead atoms. The van der Waals surface area contributed by atoms with Crippen LogP contribution in [0.2, 0.25) is 0 Å². The summed E-state index contributed by atoms with van der Waals surface area (Å²) in [6, 6.07) is 0.550. The predicted octanol–water partition coefficient (Wildman–Crippen LogP) is 0.352. The van der Waals surface area contributed by atoms with Gasteiger partial charge in [0.1, 0.15) is 0 Å². The van der Waals surface area contributed by atoms with Gasteiger partial charge in [-0.2, -0.15) is 0 Å². The first kappa shape index (κ1) is 5.06. The van der Waals surface area contributed by atoms with E-state index in [0.717, 1.165) is 19.6 Å². The minimum absolute atomic E-state index is 0.550. The maximum absolute atomic E-state index is 4.27. The van der Waals surface area contributed by atoms with E-state index < -0.39 is 0 Å². The number of nitrogens with zero attached hydrogens (tertiary/aromatic N) is 1. The molecule has 0 aromatic heterocycles. The summed E-state index contributed by atoms with van der Waals surface area (Å²) in [4.78, 5) is 0. The molecule has 0 saturated carbocycles. The van der Waals surface area contributed by atoms with Gasteiger partial charge < -0.3 is 10.6 Å². The zero-order chi connectivity index (χ0) is 5.11. The first-order valence-corrected chi connectivity index (χ1v) is 2.77. The van der Waals surface area contributed by atoms with Gasteiger partial charge in [0.15, 0.2) is 0 Å². The fourth-order valence-corrected chi connectivity index (χ4v) is 0.739. The van der Waals surface area contributed by atoms with Crippen LogP contribution in [0.25, 0.3) is 5.32 Å². The Hall–Kier alpha value is -0.0800. The molecule has 1 saturated heterocycles. The third-order valence-electron chi connectivity index (χ3n) is 1.17. The predicted molar refractivity (Wildman–Crippen MR) is 30.6 cm³/mol. The lowest BCUT2D eigenvalue weighted by Crippen LogP contribution is -2.33. The fraction of sp³-hybridized carbons (Fsp3) is 1.00. The van der Waals surface area contributed by atoms with E-state index in [0.29, 0.717) is 6.04 Å². The first-order valence-electron chi connectivity index (χ1n) is 2.77. The largest absolute Gasteiger partial charge is 0.658 e. The molecule has 2 heteroatoms. The minimum atomic E-state index is 0.550. The number of hydrogen-bond donors (Lipinski definition) is 1. The van der Waals surface area contributed by atoms with Crippen LogP contribution in [0, 0.1) is 0 Å². The van der Waals surface area contributed by atoms with Crippen LogP contribution in [-0.4, -0.2) is 25.7 Å². The van der Waals surface area contributed by atoms with Crippen LogP contribution < -0.4 is 5.32 Å². The van der Waals surface area contributed by atoms with Gasteiger partial charge in [-0.05, 0) is 13.1 Å². The van der Waals surface area contributed by atoms with Crippen molar-refractivity contribution in [1.29, 1.82) is 0 Å². The zero-order valence-electron chi connectivity index (χ0n) is 4.65. The number of piperazine rings is 1. The van der Waals surface area contributed by atoms with Gasteiger partial charge in [0, 0.05) is 0 Å². The SMILES string of the molecule is C[C@@H]1CNCC[N-]1. The molecule has 0 aromatic rings. The van der Waals surface area contributed by atoms with Crippen molar-refractivity contribution in [2.75, 3.05) is 19.6 Å². The molecule has 1 atom stereocenters. The summed E-state index contributed by atoms with van der Waals surface area (Å²) in [6.45, 7) is 5.28. The third kappa shape index (κ3) is 1.45. The summed E-state index contributed by atoms with van der Waals surface area (Å²) < 4.78 is 0. The second kappa shape index (κ2) is 2.28. The van der Waals surface area contributed by atoms with E-state index in [1.165, 1.54) is 0 Å². The van der Waals surface area contributed by atoms with Crippen molar-refractivity contribution in [2.24, 2.45) is 0 Å². The standard InChI is InChI=1S/C5H11N2/c1-5-4-6-2-3-7-5/h5-6H,2-4H2,1H3/q-1/t5-/m1/s1. The van der Waals surface area contributed by atoms with Crippen molar-refractivity contribution in [3.05, 3.63) is 5.32 Å². The number of hydrogen-bond acceptors (Lipinski definition) is 1. The molecule has 1 heterocycles. The summed E-state index contributed by atoms with van der Waals surface area (Å²) in [5.41, 5.74) is 0. The van der Waals surface area contributed by atoms with Gasteiger partial charge >= 0.3 is 0 Å². The van der Waals surface area contributed by atoms with Crippen LogP contribution in [0.1, 0.15) is 6.92 Å². The summed E-state index contributed by atoms with van der Waals surface area (Å²) in [6.07, 6.45) is 0. The van der Waals surface area contributed by atoms with E-state index in [1.807, 2.05) is 0 Å². The highest BCUT2D eigenvalue weighted by Gasteiger charge is 1.92. The van der Waals surface area contributed by atoms with Crippen molar-refractivity contribution in [3.63, 3.8) is 0 Å². The maximum Gasteiger partial charge on any atom is -0.0213 e. The van der Waals surface area contributed by atoms with E-state index >= 15 is 0 Å². The lowest BCUT2D eigenvalue weighted by Gasteiger charge is -2.33. The van der Waals surface area contributed by atoms with Gasteiger partial charge in [-0.3, -0.25) is 0 Å². The minimum Gasteiger partial charge on any atom is -0.658 e. The molecule has 0 spiro atoms. The van der Waals surface area contributed by atoms with E-state index in [-0.39, 0.29) is 0 Å². The Balaban J connectivity index is 2.12. The molecule has 0 aromatic carbocycles. The Bertz CT molecular complexity index is 48.0. The van der Waals surface area contributed by atoms with Gasteiger partial charge in [-0.25, -0.2) is 0 Å². The Kier molecular flexibility index (Phi) is 1.65. The highest BCUT2D eigenvalue weighted by molar-refractivity contribution is 4.94. The van der Waals surface area contributed by atoms with Gasteiger partial charge in [-0.1, -0.05) is 6.92 Å². The summed E-state index contributed by atoms with van der Waals surface area (Å²) >= 11 is 0. The monoisotopic (exact) mass is 99.1 g/mol. The summed E-state index contributed by atoms with van der Waals surface area (Å²) in [5.74, 6) is 0. The van der Waals surface area contributed by atoms with Gasteiger partial charge in [0.25, 0.3) is 0 Å². The lowest BCUT2D eigenvalue weighted by molar-refractivity contribution is 0.592. The topological polar surface area (TPSA) is 26.1 Å². The second-order valence-electron chi connectivity index (χ2n) is 1.96. The number of rotatable bonds is 0. The van der Waals surface area contributed by atoms with Crippen molar-refractivity contribution in [2.45, 2.75) is 13.0 Å². The highest BCUT2D eigenvalue weighted by Crippen LogP contribution is 1.99. The molecule has 1 N–H and O–H groups in total.